The molecule has 1 aromatic rings. The highest BCUT2D eigenvalue weighted by Crippen LogP contribution is 2.34. The van der Waals surface area contributed by atoms with Crippen molar-refractivity contribution >= 4 is 6.08 Å². The molecular weight excluding hydrogens is 247 g/mol. The first-order chi connectivity index (χ1) is 8.45. The maximum atomic E-state index is 12.6. The second-order valence-corrected chi connectivity index (χ2v) is 3.41. The van der Waals surface area contributed by atoms with E-state index in [0.29, 0.717) is 12.5 Å². The van der Waals surface area contributed by atoms with Crippen LogP contribution < -0.4 is 0 Å². The first-order valence-electron chi connectivity index (χ1n) is 5.03. The van der Waals surface area contributed by atoms with Crippen LogP contribution in [0.3, 0.4) is 0 Å². The number of azide groups is 1. The van der Waals surface area contributed by atoms with E-state index in [1.165, 1.54) is 24.3 Å². The minimum absolute atomic E-state index is 0.0405. The van der Waals surface area contributed by atoms with Crippen LogP contribution in [0.15, 0.2) is 29.4 Å². The smallest absolute Gasteiger partial charge is 0.417 e. The first-order valence-corrected chi connectivity index (χ1v) is 5.03. The summed E-state index contributed by atoms with van der Waals surface area (Å²) in [5.74, 6) is -0.437. The van der Waals surface area contributed by atoms with Crippen LogP contribution in [0.2, 0.25) is 0 Å². The normalized spacial score (nSPS) is 11.5. The van der Waals surface area contributed by atoms with Crippen molar-refractivity contribution in [2.24, 2.45) is 5.11 Å². The summed E-state index contributed by atoms with van der Waals surface area (Å²) in [6, 6.07) is 3.04. The number of phenolic OH excluding ortho intramolecular Hbond substituents is 1. The van der Waals surface area contributed by atoms with Gasteiger partial charge in [0.1, 0.15) is 5.75 Å². The number of benzene rings is 1. The van der Waals surface area contributed by atoms with E-state index in [2.05, 4.69) is 10.0 Å². The monoisotopic (exact) mass is 257 g/mol. The van der Waals surface area contributed by atoms with E-state index in [-0.39, 0.29) is 12.1 Å². The van der Waals surface area contributed by atoms with E-state index >= 15 is 0 Å². The summed E-state index contributed by atoms with van der Waals surface area (Å²) in [5.41, 5.74) is 7.08. The van der Waals surface area contributed by atoms with Crippen molar-refractivity contribution in [2.45, 2.75) is 12.6 Å². The minimum Gasteiger partial charge on any atom is -0.508 e. The van der Waals surface area contributed by atoms with E-state index in [0.717, 1.165) is 0 Å². The van der Waals surface area contributed by atoms with Crippen LogP contribution in [-0.4, -0.2) is 11.7 Å². The fourth-order valence-corrected chi connectivity index (χ4v) is 1.32. The average Bonchev–Trinajstić information content (AvgIpc) is 2.29. The summed E-state index contributed by atoms with van der Waals surface area (Å²) in [6.45, 7) is 0.187. The molecule has 0 amide bonds. The quantitative estimate of drug-likeness (QED) is 0.374. The van der Waals surface area contributed by atoms with Crippen molar-refractivity contribution in [2.75, 3.05) is 6.54 Å². The van der Waals surface area contributed by atoms with Crippen LogP contribution in [0.5, 0.6) is 5.75 Å². The molecule has 0 radical (unpaired) electrons. The molecule has 0 saturated heterocycles. The van der Waals surface area contributed by atoms with Crippen molar-refractivity contribution in [1.82, 2.24) is 0 Å². The van der Waals surface area contributed by atoms with Gasteiger partial charge in [-0.2, -0.15) is 13.2 Å². The molecule has 0 saturated carbocycles. The zero-order valence-electron chi connectivity index (χ0n) is 9.22. The Hall–Kier alpha value is -2.14. The Bertz CT molecular complexity index is 491. The summed E-state index contributed by atoms with van der Waals surface area (Å²) < 4.78 is 37.9. The zero-order valence-corrected chi connectivity index (χ0v) is 9.22. The lowest BCUT2D eigenvalue weighted by atomic mass is 10.1. The Kier molecular flexibility index (Phi) is 4.62. The molecule has 18 heavy (non-hydrogen) atoms. The lowest BCUT2D eigenvalue weighted by Gasteiger charge is -2.10. The SMILES string of the molecule is [N-]=[N+]=NCCC=Cc1ccc(O)cc1C(F)(F)F. The second kappa shape index (κ2) is 5.97. The minimum atomic E-state index is -4.52. The second-order valence-electron chi connectivity index (χ2n) is 3.41. The number of rotatable bonds is 4. The van der Waals surface area contributed by atoms with Gasteiger partial charge >= 0.3 is 6.18 Å². The molecule has 0 spiro atoms. The fourth-order valence-electron chi connectivity index (χ4n) is 1.32. The number of halogens is 3. The highest BCUT2D eigenvalue weighted by Gasteiger charge is 2.33. The van der Waals surface area contributed by atoms with E-state index in [1.54, 1.807) is 0 Å². The molecule has 7 heteroatoms. The van der Waals surface area contributed by atoms with Gasteiger partial charge in [0.2, 0.25) is 0 Å². The van der Waals surface area contributed by atoms with E-state index in [1.807, 2.05) is 0 Å². The van der Waals surface area contributed by atoms with Gasteiger partial charge in [0.05, 0.1) is 5.56 Å². The van der Waals surface area contributed by atoms with Crippen molar-refractivity contribution in [3.8, 4) is 5.75 Å². The van der Waals surface area contributed by atoms with Gasteiger partial charge in [-0.15, -0.1) is 0 Å². The molecule has 0 fully saturated rings. The molecular formula is C11H10F3N3O. The molecule has 96 valence electrons. The fraction of sp³-hybridized carbons (Fsp3) is 0.273. The Morgan fingerprint density at radius 1 is 1.39 bits per heavy atom. The zero-order chi connectivity index (χ0) is 13.6. The predicted octanol–water partition coefficient (Wildman–Crippen LogP) is 4.12. The molecule has 1 N–H and O–H groups in total. The number of aromatic hydroxyl groups is 1. The molecule has 1 aromatic carbocycles. The van der Waals surface area contributed by atoms with Gasteiger partial charge in [0.25, 0.3) is 0 Å². The molecule has 0 bridgehead atoms. The van der Waals surface area contributed by atoms with Gasteiger partial charge in [-0.05, 0) is 29.6 Å². The Balaban J connectivity index is 2.91. The lowest BCUT2D eigenvalue weighted by molar-refractivity contribution is -0.137. The summed E-state index contributed by atoms with van der Waals surface area (Å²) in [7, 11) is 0. The average molecular weight is 257 g/mol. The largest absolute Gasteiger partial charge is 0.508 e. The maximum Gasteiger partial charge on any atom is 0.417 e. The van der Waals surface area contributed by atoms with Crippen LogP contribution in [0.4, 0.5) is 13.2 Å². The predicted molar refractivity (Wildman–Crippen MR) is 60.8 cm³/mol. The molecule has 0 atom stereocenters. The molecule has 4 nitrogen and oxygen atoms in total. The lowest BCUT2D eigenvalue weighted by Crippen LogP contribution is -2.07. The first kappa shape index (κ1) is 13.9. The van der Waals surface area contributed by atoms with Gasteiger partial charge in [0.15, 0.2) is 0 Å². The number of hydrogen-bond acceptors (Lipinski definition) is 2. The summed E-state index contributed by atoms with van der Waals surface area (Å²) >= 11 is 0. The molecule has 1 rings (SSSR count). The van der Waals surface area contributed by atoms with Gasteiger partial charge < -0.3 is 5.11 Å². The van der Waals surface area contributed by atoms with Crippen molar-refractivity contribution in [3.05, 3.63) is 45.8 Å². The Morgan fingerprint density at radius 2 is 2.11 bits per heavy atom. The van der Waals surface area contributed by atoms with Crippen LogP contribution in [0.25, 0.3) is 16.5 Å². The third-order valence-electron chi connectivity index (χ3n) is 2.10. The topological polar surface area (TPSA) is 69.0 Å². The molecule has 0 aliphatic rings. The van der Waals surface area contributed by atoms with E-state index in [9.17, 15) is 13.2 Å². The summed E-state index contributed by atoms with van der Waals surface area (Å²) in [4.78, 5) is 2.53. The molecule has 0 heterocycles. The van der Waals surface area contributed by atoms with Crippen LogP contribution >= 0.6 is 0 Å². The third-order valence-corrected chi connectivity index (χ3v) is 2.10. The van der Waals surface area contributed by atoms with Crippen LogP contribution in [0, 0.1) is 0 Å². The van der Waals surface area contributed by atoms with Gasteiger partial charge in [-0.25, -0.2) is 0 Å². The summed E-state index contributed by atoms with van der Waals surface area (Å²) in [5, 5.41) is 12.3. The molecule has 0 aliphatic heterocycles. The molecule has 0 unspecified atom stereocenters. The number of hydrogen-bond donors (Lipinski definition) is 1. The van der Waals surface area contributed by atoms with Crippen molar-refractivity contribution in [1.29, 1.82) is 0 Å². The van der Waals surface area contributed by atoms with Gasteiger partial charge in [-0.3, -0.25) is 0 Å². The van der Waals surface area contributed by atoms with E-state index in [4.69, 9.17) is 10.6 Å². The molecule has 0 aromatic heterocycles. The standard InChI is InChI=1S/C11H10F3N3O/c12-11(13,14)10-7-9(18)5-4-8(10)3-1-2-6-16-17-15/h1,3-5,7,18H,2,6H2. The van der Waals surface area contributed by atoms with E-state index < -0.39 is 17.5 Å². The van der Waals surface area contributed by atoms with Crippen molar-refractivity contribution in [3.63, 3.8) is 0 Å². The number of alkyl halides is 3. The summed E-state index contributed by atoms with van der Waals surface area (Å²) in [6.07, 6.45) is -1.41. The Labute approximate surface area is 101 Å². The highest BCUT2D eigenvalue weighted by atomic mass is 19.4. The van der Waals surface area contributed by atoms with Crippen LogP contribution in [-0.2, 0) is 6.18 Å². The molecule has 0 aliphatic carbocycles. The van der Waals surface area contributed by atoms with Crippen LogP contribution in [0.1, 0.15) is 17.5 Å². The van der Waals surface area contributed by atoms with Gasteiger partial charge in [0, 0.05) is 11.5 Å². The Morgan fingerprint density at radius 3 is 2.72 bits per heavy atom. The number of nitrogens with zero attached hydrogens (tertiary/aromatic N) is 3. The van der Waals surface area contributed by atoms with Gasteiger partial charge in [-0.1, -0.05) is 23.3 Å². The highest BCUT2D eigenvalue weighted by molar-refractivity contribution is 5.56. The number of phenols is 1. The maximum absolute atomic E-state index is 12.6. The van der Waals surface area contributed by atoms with Crippen molar-refractivity contribution < 1.29 is 18.3 Å². The third kappa shape index (κ3) is 4.03.